The molecule has 2 heterocycles. The van der Waals surface area contributed by atoms with Gasteiger partial charge in [-0.25, -0.2) is 4.57 Å². The minimum absolute atomic E-state index is 0. The molecule has 0 aliphatic heterocycles. The summed E-state index contributed by atoms with van der Waals surface area (Å²) in [5.41, 5.74) is 8.93. The number of carbonyl (C=O) groups excluding carboxylic acids is 1. The van der Waals surface area contributed by atoms with E-state index in [4.69, 9.17) is 10.9 Å². The largest absolute Gasteiger partial charge is 1.00 e. The van der Waals surface area contributed by atoms with Crippen LogP contribution in [0.2, 0.25) is 0 Å². The lowest BCUT2D eigenvalue weighted by Crippen LogP contribution is -3.00. The number of nitrogens with zero attached hydrogens (tertiary/aromatic N) is 3. The number of aromatic nitrogens is 2. The van der Waals surface area contributed by atoms with Crippen LogP contribution in [-0.2, 0) is 13.1 Å². The maximum Gasteiger partial charge on any atom is 0.254 e. The smallest absolute Gasteiger partial charge is 0.254 e. The van der Waals surface area contributed by atoms with Crippen molar-refractivity contribution < 1.29 is 53.1 Å². The standard InChI is InChI=1S/C20H18N4O2.2BrH/c21-20(25)19-7-3-9-24(15-19)13-17-5-1-4-16(10-17)12-23-8-2-6-18(14-23)11-22-26;;/h1-11,14-15H,12-13H2,(H-2,21,25,26);2*1H/b22-11+;;. The van der Waals surface area contributed by atoms with Crippen LogP contribution in [0.15, 0.2) is 78.5 Å². The highest BCUT2D eigenvalue weighted by molar-refractivity contribution is 5.92. The molecule has 3 aromatic rings. The van der Waals surface area contributed by atoms with Crippen molar-refractivity contribution in [2.24, 2.45) is 10.9 Å². The number of primary amides is 1. The Labute approximate surface area is 184 Å². The summed E-state index contributed by atoms with van der Waals surface area (Å²) >= 11 is 0. The number of nitrogens with two attached hydrogens (primary N) is 1. The number of benzene rings is 1. The van der Waals surface area contributed by atoms with Gasteiger partial charge in [0.05, 0.1) is 11.8 Å². The highest BCUT2D eigenvalue weighted by Gasteiger charge is 2.10. The fourth-order valence-electron chi connectivity index (χ4n) is 2.80. The molecule has 0 saturated carbocycles. The van der Waals surface area contributed by atoms with Crippen molar-refractivity contribution in [3.8, 4) is 0 Å². The van der Waals surface area contributed by atoms with Crippen LogP contribution in [0, 0.1) is 0 Å². The molecular formula is C20H20Br2N4O2. The maximum absolute atomic E-state index is 11.3. The zero-order valence-corrected chi connectivity index (χ0v) is 18.1. The third-order valence-electron chi connectivity index (χ3n) is 3.95. The minimum Gasteiger partial charge on any atom is -1.00 e. The Bertz CT molecular complexity index is 964. The predicted molar refractivity (Wildman–Crippen MR) is 95.8 cm³/mol. The molecule has 1 amide bonds. The monoisotopic (exact) mass is 506 g/mol. The number of rotatable bonds is 6. The average molecular weight is 508 g/mol. The first kappa shape index (κ1) is 23.5. The molecule has 0 fully saturated rings. The molecule has 1 aromatic carbocycles. The van der Waals surface area contributed by atoms with Gasteiger partial charge in [-0.05, 0) is 18.2 Å². The Kier molecular flexibility index (Phi) is 9.47. The van der Waals surface area contributed by atoms with Crippen molar-refractivity contribution in [2.75, 3.05) is 0 Å². The van der Waals surface area contributed by atoms with E-state index >= 15 is 0 Å². The van der Waals surface area contributed by atoms with E-state index in [9.17, 15) is 4.79 Å². The van der Waals surface area contributed by atoms with Gasteiger partial charge in [-0.3, -0.25) is 4.79 Å². The predicted octanol–water partition coefficient (Wildman–Crippen LogP) is -4.73. The second kappa shape index (κ2) is 11.3. The van der Waals surface area contributed by atoms with Crippen LogP contribution < -0.4 is 48.8 Å². The van der Waals surface area contributed by atoms with E-state index < -0.39 is 5.91 Å². The molecule has 3 rings (SSSR count). The fraction of sp³-hybridized carbons (Fsp3) is 0.100. The third-order valence-corrected chi connectivity index (χ3v) is 3.95. The van der Waals surface area contributed by atoms with Gasteiger partial charge in [0.15, 0.2) is 37.9 Å². The second-order valence-electron chi connectivity index (χ2n) is 6.00. The van der Waals surface area contributed by atoms with Gasteiger partial charge >= 0.3 is 0 Å². The van der Waals surface area contributed by atoms with Gasteiger partial charge < -0.3 is 44.9 Å². The lowest BCUT2D eigenvalue weighted by atomic mass is 10.1. The van der Waals surface area contributed by atoms with E-state index in [2.05, 4.69) is 17.3 Å². The molecule has 0 saturated heterocycles. The van der Waals surface area contributed by atoms with Crippen molar-refractivity contribution in [3.05, 3.63) is 95.6 Å². The van der Waals surface area contributed by atoms with E-state index in [1.807, 2.05) is 58.1 Å². The minimum atomic E-state index is -0.434. The summed E-state index contributed by atoms with van der Waals surface area (Å²) in [5, 5.41) is 11.7. The topological polar surface area (TPSA) is 83.4 Å². The molecule has 0 radical (unpaired) electrons. The van der Waals surface area contributed by atoms with Gasteiger partial charge in [0.2, 0.25) is 0 Å². The van der Waals surface area contributed by atoms with Gasteiger partial charge in [-0.15, -0.1) is 0 Å². The number of oxime groups is 1. The summed E-state index contributed by atoms with van der Waals surface area (Å²) in [7, 11) is 0. The average Bonchev–Trinajstić information content (AvgIpc) is 2.63. The van der Waals surface area contributed by atoms with Crippen molar-refractivity contribution in [3.63, 3.8) is 0 Å². The molecule has 0 aliphatic rings. The van der Waals surface area contributed by atoms with Gasteiger partial charge in [-0.2, -0.15) is 4.57 Å². The van der Waals surface area contributed by atoms with Crippen LogP contribution in [0.4, 0.5) is 0 Å². The van der Waals surface area contributed by atoms with Crippen LogP contribution in [0.5, 0.6) is 0 Å². The van der Waals surface area contributed by atoms with E-state index in [0.29, 0.717) is 18.7 Å². The van der Waals surface area contributed by atoms with E-state index in [0.717, 1.165) is 16.7 Å². The van der Waals surface area contributed by atoms with Crippen molar-refractivity contribution in [1.82, 2.24) is 0 Å². The van der Waals surface area contributed by atoms with Crippen molar-refractivity contribution in [1.29, 1.82) is 0 Å². The second-order valence-corrected chi connectivity index (χ2v) is 6.00. The van der Waals surface area contributed by atoms with Gasteiger partial charge in [0, 0.05) is 23.3 Å². The fourth-order valence-corrected chi connectivity index (χ4v) is 2.80. The van der Waals surface area contributed by atoms with Gasteiger partial charge in [-0.1, -0.05) is 23.4 Å². The quantitative estimate of drug-likeness (QED) is 0.152. The molecular weight excluding hydrogens is 488 g/mol. The third kappa shape index (κ3) is 6.54. The SMILES string of the molecule is NC(=O)c1ccc[n+](Cc2cccc(C[n+]3cccc(/C=N/O)c3)c2)c1.[Br-].[Br-]. The zero-order valence-electron chi connectivity index (χ0n) is 15.0. The molecule has 0 aliphatic carbocycles. The molecule has 0 atom stereocenters. The molecule has 146 valence electrons. The lowest BCUT2D eigenvalue weighted by Gasteiger charge is -2.03. The molecule has 0 bridgehead atoms. The Morgan fingerprint density at radius 1 is 0.964 bits per heavy atom. The first-order valence-electron chi connectivity index (χ1n) is 8.17. The van der Waals surface area contributed by atoms with Crippen molar-refractivity contribution >= 4 is 12.1 Å². The number of halogens is 2. The van der Waals surface area contributed by atoms with Crippen LogP contribution in [0.3, 0.4) is 0 Å². The van der Waals surface area contributed by atoms with Gasteiger partial charge in [0.1, 0.15) is 5.56 Å². The van der Waals surface area contributed by atoms with E-state index in [-0.39, 0.29) is 34.0 Å². The first-order valence-corrected chi connectivity index (χ1v) is 8.17. The highest BCUT2D eigenvalue weighted by Crippen LogP contribution is 2.06. The molecule has 8 heteroatoms. The van der Waals surface area contributed by atoms with Crippen molar-refractivity contribution in [2.45, 2.75) is 13.1 Å². The van der Waals surface area contributed by atoms with Crippen LogP contribution in [0.1, 0.15) is 27.0 Å². The molecule has 2 aromatic heterocycles. The van der Waals surface area contributed by atoms with Crippen LogP contribution in [0.25, 0.3) is 0 Å². The Morgan fingerprint density at radius 2 is 1.57 bits per heavy atom. The number of carbonyl (C=O) groups is 1. The molecule has 6 nitrogen and oxygen atoms in total. The molecule has 3 N–H and O–H groups in total. The summed E-state index contributed by atoms with van der Waals surface area (Å²) in [5.74, 6) is -0.434. The molecule has 0 spiro atoms. The number of amides is 1. The zero-order chi connectivity index (χ0) is 18.4. The Balaban J connectivity index is 0.00000196. The lowest BCUT2D eigenvalue weighted by molar-refractivity contribution is -0.689. The number of hydrogen-bond acceptors (Lipinski definition) is 3. The summed E-state index contributed by atoms with van der Waals surface area (Å²) in [6.07, 6.45) is 8.94. The summed E-state index contributed by atoms with van der Waals surface area (Å²) in [6.45, 7) is 1.35. The summed E-state index contributed by atoms with van der Waals surface area (Å²) in [4.78, 5) is 11.3. The normalized spacial score (nSPS) is 10.1. The number of pyridine rings is 2. The van der Waals surface area contributed by atoms with Crippen LogP contribution >= 0.6 is 0 Å². The number of hydrogen-bond donors (Lipinski definition) is 2. The molecule has 0 unspecified atom stereocenters. The van der Waals surface area contributed by atoms with E-state index in [1.165, 1.54) is 6.21 Å². The van der Waals surface area contributed by atoms with E-state index in [1.54, 1.807) is 12.3 Å². The first-order chi connectivity index (χ1) is 12.6. The Morgan fingerprint density at radius 3 is 2.18 bits per heavy atom. The summed E-state index contributed by atoms with van der Waals surface area (Å²) in [6, 6.07) is 15.6. The van der Waals surface area contributed by atoms with Gasteiger partial charge in [0.25, 0.3) is 5.91 Å². The Hall–Kier alpha value is -2.58. The highest BCUT2D eigenvalue weighted by atomic mass is 79.9. The summed E-state index contributed by atoms with van der Waals surface area (Å²) < 4.78 is 3.96. The molecule has 28 heavy (non-hydrogen) atoms. The van der Waals surface area contributed by atoms with Crippen LogP contribution in [-0.4, -0.2) is 17.3 Å². The maximum atomic E-state index is 11.3.